The maximum atomic E-state index is 11.4. The first-order chi connectivity index (χ1) is 13.1. The van der Waals surface area contributed by atoms with Crippen LogP contribution in [-0.4, -0.2) is 43.6 Å². The van der Waals surface area contributed by atoms with Gasteiger partial charge in [0.25, 0.3) is 0 Å². The first kappa shape index (κ1) is 22.8. The zero-order valence-electron chi connectivity index (χ0n) is 15.6. The van der Waals surface area contributed by atoms with Gasteiger partial charge in [0.05, 0.1) is 18.9 Å². The number of urea groups is 1. The molecule has 0 radical (unpaired) electrons. The second-order valence-electron chi connectivity index (χ2n) is 5.88. The molecule has 1 aliphatic heterocycles. The number of carbonyl (C=O) groups excluding carboxylic acids is 3. The smallest absolute Gasteiger partial charge is 0.321 e. The Morgan fingerprint density at radius 2 is 1.68 bits per heavy atom. The molecule has 0 aromatic heterocycles. The number of nitrogens with two attached hydrogens (primary N) is 1. The summed E-state index contributed by atoms with van der Waals surface area (Å²) in [7, 11) is 1.37. The van der Waals surface area contributed by atoms with Crippen molar-refractivity contribution in [2.45, 2.75) is 11.8 Å². The molecule has 1 fully saturated rings. The summed E-state index contributed by atoms with van der Waals surface area (Å²) in [6.45, 7) is 0.644. The maximum absolute atomic E-state index is 11.4. The van der Waals surface area contributed by atoms with E-state index in [0.29, 0.717) is 6.54 Å². The second kappa shape index (κ2) is 11.5. The molecular weight excluding hydrogens is 362 g/mol. The van der Waals surface area contributed by atoms with E-state index in [-0.39, 0.29) is 35.7 Å². The van der Waals surface area contributed by atoms with E-state index in [1.807, 2.05) is 60.7 Å². The summed E-state index contributed by atoms with van der Waals surface area (Å²) in [6, 6.07) is 18.4. The zero-order chi connectivity index (χ0) is 19.6. The molecule has 2 aromatic rings. The van der Waals surface area contributed by atoms with Gasteiger partial charge < -0.3 is 21.3 Å². The molecule has 2 aromatic carbocycles. The van der Waals surface area contributed by atoms with Gasteiger partial charge in [0.1, 0.15) is 0 Å². The van der Waals surface area contributed by atoms with Crippen molar-refractivity contribution in [3.8, 4) is 0 Å². The number of hydrogen-bond donors (Lipinski definition) is 3. The van der Waals surface area contributed by atoms with Crippen LogP contribution in [0.1, 0.15) is 23.0 Å². The Hall–Kier alpha value is -3.23. The van der Waals surface area contributed by atoms with Gasteiger partial charge in [-0.05, 0) is 11.1 Å². The zero-order valence-corrected chi connectivity index (χ0v) is 15.6. The summed E-state index contributed by atoms with van der Waals surface area (Å²) in [5, 5.41) is 4.83. The lowest BCUT2D eigenvalue weighted by atomic mass is 9.97. The van der Waals surface area contributed by atoms with Gasteiger partial charge in [-0.1, -0.05) is 60.7 Å². The quantitative estimate of drug-likeness (QED) is 0.662. The lowest BCUT2D eigenvalue weighted by Crippen LogP contribution is -2.50. The maximum Gasteiger partial charge on any atom is 0.321 e. The molecule has 1 aliphatic rings. The lowest BCUT2D eigenvalue weighted by molar-refractivity contribution is -0.142. The number of rotatable bonds is 4. The van der Waals surface area contributed by atoms with Gasteiger partial charge in [-0.2, -0.15) is 0 Å². The first-order valence-corrected chi connectivity index (χ1v) is 8.53. The molecular formula is C20H25N3O5. The Labute approximate surface area is 163 Å². The van der Waals surface area contributed by atoms with Crippen molar-refractivity contribution in [1.29, 1.82) is 0 Å². The fraction of sp³-hybridized carbons (Fsp3) is 0.250. The standard InChI is InChI=1S/C10H10N2O2.C10H13NO2.H2O/c13-9-8(6-11-10(14)12-9)7-4-2-1-3-5-7;1-13-10(12)9(7-11)8-5-3-2-4-6-8;/h1-5,8H,6H2,(H2,11,12,13,14);2-6,9H,7,11H2,1H3;1H2. The number of carbonyl (C=O) groups is 3. The van der Waals surface area contributed by atoms with Crippen molar-refractivity contribution in [2.24, 2.45) is 5.73 Å². The SMILES string of the molecule is COC(=O)C(CN)c1ccccc1.O.O=C1NCC(c2ccccc2)C(=O)N1. The van der Waals surface area contributed by atoms with E-state index >= 15 is 0 Å². The summed E-state index contributed by atoms with van der Waals surface area (Å²) >= 11 is 0. The number of imide groups is 1. The minimum Gasteiger partial charge on any atom is -0.469 e. The van der Waals surface area contributed by atoms with Crippen LogP contribution in [0, 0.1) is 0 Å². The van der Waals surface area contributed by atoms with Gasteiger partial charge in [0.15, 0.2) is 0 Å². The average Bonchev–Trinajstić information content (AvgIpc) is 2.70. The number of hydrogen-bond acceptors (Lipinski definition) is 5. The van der Waals surface area contributed by atoms with E-state index in [4.69, 9.17) is 5.73 Å². The molecule has 3 rings (SSSR count). The molecule has 150 valence electrons. The fourth-order valence-corrected chi connectivity index (χ4v) is 2.68. The van der Waals surface area contributed by atoms with Crippen molar-refractivity contribution in [1.82, 2.24) is 10.6 Å². The number of ether oxygens (including phenoxy) is 1. The molecule has 0 bridgehead atoms. The van der Waals surface area contributed by atoms with Crippen LogP contribution in [0.3, 0.4) is 0 Å². The summed E-state index contributed by atoms with van der Waals surface area (Å²) in [4.78, 5) is 33.5. The third kappa shape index (κ3) is 6.19. The van der Waals surface area contributed by atoms with Gasteiger partial charge >= 0.3 is 12.0 Å². The van der Waals surface area contributed by atoms with Crippen molar-refractivity contribution in [3.63, 3.8) is 0 Å². The van der Waals surface area contributed by atoms with Crippen LogP contribution in [-0.2, 0) is 14.3 Å². The highest BCUT2D eigenvalue weighted by molar-refractivity contribution is 6.00. The summed E-state index contributed by atoms with van der Waals surface area (Å²) < 4.78 is 4.64. The Bertz CT molecular complexity index is 768. The predicted molar refractivity (Wildman–Crippen MR) is 105 cm³/mol. The van der Waals surface area contributed by atoms with E-state index in [9.17, 15) is 14.4 Å². The molecule has 0 spiro atoms. The van der Waals surface area contributed by atoms with Gasteiger partial charge in [-0.15, -0.1) is 0 Å². The number of methoxy groups -OCH3 is 1. The number of benzene rings is 2. The monoisotopic (exact) mass is 387 g/mol. The minimum atomic E-state index is -0.415. The summed E-state index contributed by atoms with van der Waals surface area (Å²) in [5.74, 6) is -1.13. The van der Waals surface area contributed by atoms with Crippen LogP contribution >= 0.6 is 0 Å². The molecule has 2 unspecified atom stereocenters. The number of amides is 3. The molecule has 1 heterocycles. The third-order valence-electron chi connectivity index (χ3n) is 4.15. The van der Waals surface area contributed by atoms with Crippen LogP contribution in [0.15, 0.2) is 60.7 Å². The Morgan fingerprint density at radius 3 is 2.18 bits per heavy atom. The topological polar surface area (TPSA) is 142 Å². The Kier molecular flexibility index (Phi) is 9.35. The third-order valence-corrected chi connectivity index (χ3v) is 4.15. The van der Waals surface area contributed by atoms with E-state index in [2.05, 4.69) is 15.4 Å². The Balaban J connectivity index is 0.000000271. The van der Waals surface area contributed by atoms with E-state index < -0.39 is 6.03 Å². The molecule has 28 heavy (non-hydrogen) atoms. The second-order valence-corrected chi connectivity index (χ2v) is 5.88. The first-order valence-electron chi connectivity index (χ1n) is 8.53. The highest BCUT2D eigenvalue weighted by atomic mass is 16.5. The lowest BCUT2D eigenvalue weighted by Gasteiger charge is -2.22. The molecule has 1 saturated heterocycles. The number of nitrogens with one attached hydrogen (secondary N) is 2. The molecule has 8 nitrogen and oxygen atoms in total. The van der Waals surface area contributed by atoms with Crippen LogP contribution < -0.4 is 16.4 Å². The van der Waals surface area contributed by atoms with E-state index in [1.165, 1.54) is 7.11 Å². The average molecular weight is 387 g/mol. The Morgan fingerprint density at radius 1 is 1.11 bits per heavy atom. The van der Waals surface area contributed by atoms with Crippen LogP contribution in [0.5, 0.6) is 0 Å². The van der Waals surface area contributed by atoms with Gasteiger partial charge in [0, 0.05) is 13.1 Å². The van der Waals surface area contributed by atoms with Crippen LogP contribution in [0.25, 0.3) is 0 Å². The summed E-state index contributed by atoms with van der Waals surface area (Å²) in [6.07, 6.45) is 0. The number of esters is 1. The van der Waals surface area contributed by atoms with Crippen LogP contribution in [0.2, 0.25) is 0 Å². The fourth-order valence-electron chi connectivity index (χ4n) is 2.68. The van der Waals surface area contributed by atoms with Gasteiger partial charge in [0.2, 0.25) is 5.91 Å². The van der Waals surface area contributed by atoms with Gasteiger partial charge in [-0.25, -0.2) is 4.79 Å². The van der Waals surface area contributed by atoms with E-state index in [1.54, 1.807) is 0 Å². The highest BCUT2D eigenvalue weighted by Gasteiger charge is 2.27. The van der Waals surface area contributed by atoms with Crippen LogP contribution in [0.4, 0.5) is 4.79 Å². The largest absolute Gasteiger partial charge is 0.469 e. The van der Waals surface area contributed by atoms with Crippen molar-refractivity contribution in [2.75, 3.05) is 20.2 Å². The van der Waals surface area contributed by atoms with Crippen molar-refractivity contribution < 1.29 is 24.6 Å². The molecule has 0 saturated carbocycles. The van der Waals surface area contributed by atoms with E-state index in [0.717, 1.165) is 11.1 Å². The molecule has 6 N–H and O–H groups in total. The molecule has 8 heteroatoms. The predicted octanol–water partition coefficient (Wildman–Crippen LogP) is 0.687. The minimum absolute atomic E-state index is 0. The summed E-state index contributed by atoms with van der Waals surface area (Å²) in [5.41, 5.74) is 7.30. The van der Waals surface area contributed by atoms with Crippen molar-refractivity contribution in [3.05, 3.63) is 71.8 Å². The normalized spacial score (nSPS) is 16.3. The highest BCUT2D eigenvalue weighted by Crippen LogP contribution is 2.16. The van der Waals surface area contributed by atoms with Crippen molar-refractivity contribution >= 4 is 17.9 Å². The molecule has 2 atom stereocenters. The van der Waals surface area contributed by atoms with Gasteiger partial charge in [-0.3, -0.25) is 14.9 Å². The molecule has 3 amide bonds. The molecule has 0 aliphatic carbocycles.